The van der Waals surface area contributed by atoms with Gasteiger partial charge in [-0.05, 0) is 50.1 Å². The number of nitrogens with one attached hydrogen (secondary N) is 1. The molecule has 0 aromatic carbocycles. The standard InChI is InChI=1S/C12H23N/c1-2-11-4-3-5-12(10-11)6-8-13-9-7-12/h11,13H,2-10H2,1H3. The summed E-state index contributed by atoms with van der Waals surface area (Å²) in [5, 5.41) is 3.49. The van der Waals surface area contributed by atoms with Gasteiger partial charge in [0.2, 0.25) is 0 Å². The number of piperidine rings is 1. The largest absolute Gasteiger partial charge is 0.317 e. The van der Waals surface area contributed by atoms with Crippen LogP contribution in [0, 0.1) is 11.3 Å². The Morgan fingerprint density at radius 1 is 1.23 bits per heavy atom. The molecule has 76 valence electrons. The van der Waals surface area contributed by atoms with E-state index in [1.54, 1.807) is 0 Å². The first-order valence-electron chi connectivity index (χ1n) is 6.05. The number of rotatable bonds is 1. The van der Waals surface area contributed by atoms with E-state index in [9.17, 15) is 0 Å². The summed E-state index contributed by atoms with van der Waals surface area (Å²) in [4.78, 5) is 0. The highest BCUT2D eigenvalue weighted by Crippen LogP contribution is 2.46. The van der Waals surface area contributed by atoms with Crippen molar-refractivity contribution in [2.75, 3.05) is 13.1 Å². The van der Waals surface area contributed by atoms with Crippen LogP contribution in [-0.2, 0) is 0 Å². The highest BCUT2D eigenvalue weighted by molar-refractivity contribution is 4.89. The maximum Gasteiger partial charge on any atom is -0.00436 e. The molecule has 2 rings (SSSR count). The molecule has 2 fully saturated rings. The van der Waals surface area contributed by atoms with E-state index in [0.29, 0.717) is 0 Å². The van der Waals surface area contributed by atoms with Crippen molar-refractivity contribution < 1.29 is 0 Å². The molecule has 1 N–H and O–H groups in total. The molecule has 1 spiro atoms. The minimum Gasteiger partial charge on any atom is -0.317 e. The highest BCUT2D eigenvalue weighted by atomic mass is 14.9. The maximum absolute atomic E-state index is 3.49. The molecule has 0 amide bonds. The molecule has 1 atom stereocenters. The first kappa shape index (κ1) is 9.51. The van der Waals surface area contributed by atoms with Crippen LogP contribution in [0.2, 0.25) is 0 Å². The summed E-state index contributed by atoms with van der Waals surface area (Å²) in [6.45, 7) is 4.91. The van der Waals surface area contributed by atoms with E-state index in [4.69, 9.17) is 0 Å². The number of hydrogen-bond donors (Lipinski definition) is 1. The zero-order valence-corrected chi connectivity index (χ0v) is 8.94. The molecular formula is C12H23N. The Kier molecular flexibility index (Phi) is 2.92. The van der Waals surface area contributed by atoms with Crippen LogP contribution in [0.5, 0.6) is 0 Å². The summed E-state index contributed by atoms with van der Waals surface area (Å²) >= 11 is 0. The average Bonchev–Trinajstić information content (AvgIpc) is 2.19. The van der Waals surface area contributed by atoms with Gasteiger partial charge < -0.3 is 5.32 Å². The minimum absolute atomic E-state index is 0.768. The average molecular weight is 181 g/mol. The molecule has 1 heterocycles. The SMILES string of the molecule is CCC1CCCC2(CCNCC2)C1. The molecule has 1 heteroatoms. The van der Waals surface area contributed by atoms with Gasteiger partial charge in [-0.2, -0.15) is 0 Å². The van der Waals surface area contributed by atoms with Gasteiger partial charge in [0.25, 0.3) is 0 Å². The molecule has 0 aromatic heterocycles. The summed E-state index contributed by atoms with van der Waals surface area (Å²) in [5.74, 6) is 1.05. The topological polar surface area (TPSA) is 12.0 Å². The van der Waals surface area contributed by atoms with Crippen molar-refractivity contribution in [3.05, 3.63) is 0 Å². The van der Waals surface area contributed by atoms with Crippen LogP contribution in [0.1, 0.15) is 51.9 Å². The van der Waals surface area contributed by atoms with E-state index < -0.39 is 0 Å². The van der Waals surface area contributed by atoms with Crippen molar-refractivity contribution in [2.45, 2.75) is 51.9 Å². The van der Waals surface area contributed by atoms with Gasteiger partial charge in [0.15, 0.2) is 0 Å². The molecule has 1 unspecified atom stereocenters. The van der Waals surface area contributed by atoms with Gasteiger partial charge in [-0.15, -0.1) is 0 Å². The predicted molar refractivity (Wildman–Crippen MR) is 56.8 cm³/mol. The summed E-state index contributed by atoms with van der Waals surface area (Å²) in [6.07, 6.45) is 10.4. The fourth-order valence-corrected chi connectivity index (χ4v) is 3.34. The molecule has 1 saturated heterocycles. The minimum atomic E-state index is 0.768. The van der Waals surface area contributed by atoms with Crippen LogP contribution in [-0.4, -0.2) is 13.1 Å². The van der Waals surface area contributed by atoms with Crippen molar-refractivity contribution in [2.24, 2.45) is 11.3 Å². The summed E-state index contributed by atoms with van der Waals surface area (Å²) in [5.41, 5.74) is 0.768. The lowest BCUT2D eigenvalue weighted by Crippen LogP contribution is -2.39. The number of hydrogen-bond acceptors (Lipinski definition) is 1. The summed E-state index contributed by atoms with van der Waals surface area (Å²) in [6, 6.07) is 0. The molecular weight excluding hydrogens is 158 g/mol. The van der Waals surface area contributed by atoms with E-state index in [-0.39, 0.29) is 0 Å². The lowest BCUT2D eigenvalue weighted by molar-refractivity contribution is 0.0939. The maximum atomic E-state index is 3.49. The van der Waals surface area contributed by atoms with Gasteiger partial charge in [0.05, 0.1) is 0 Å². The van der Waals surface area contributed by atoms with Crippen LogP contribution in [0.4, 0.5) is 0 Å². The van der Waals surface area contributed by atoms with Crippen LogP contribution < -0.4 is 5.32 Å². The smallest absolute Gasteiger partial charge is 0.00436 e. The zero-order chi connectivity index (χ0) is 9.15. The van der Waals surface area contributed by atoms with E-state index in [1.165, 1.54) is 58.0 Å². The van der Waals surface area contributed by atoms with Crippen LogP contribution in [0.15, 0.2) is 0 Å². The van der Waals surface area contributed by atoms with E-state index in [0.717, 1.165) is 11.3 Å². The monoisotopic (exact) mass is 181 g/mol. The third kappa shape index (κ3) is 2.07. The highest BCUT2D eigenvalue weighted by Gasteiger charge is 2.36. The molecule has 1 aliphatic heterocycles. The van der Waals surface area contributed by atoms with Gasteiger partial charge in [0.1, 0.15) is 0 Å². The lowest BCUT2D eigenvalue weighted by Gasteiger charge is -2.43. The normalized spacial score (nSPS) is 33.5. The van der Waals surface area contributed by atoms with Crippen LogP contribution >= 0.6 is 0 Å². The molecule has 1 aliphatic carbocycles. The Morgan fingerprint density at radius 3 is 2.69 bits per heavy atom. The van der Waals surface area contributed by atoms with Gasteiger partial charge in [0, 0.05) is 0 Å². The summed E-state index contributed by atoms with van der Waals surface area (Å²) < 4.78 is 0. The first-order chi connectivity index (χ1) is 6.35. The third-order valence-corrected chi connectivity index (χ3v) is 4.28. The molecule has 2 aliphatic rings. The Balaban J connectivity index is 1.95. The predicted octanol–water partition coefficient (Wildman–Crippen LogP) is 2.96. The summed E-state index contributed by atoms with van der Waals surface area (Å²) in [7, 11) is 0. The second-order valence-corrected chi connectivity index (χ2v) is 5.12. The Hall–Kier alpha value is -0.0400. The molecule has 0 radical (unpaired) electrons. The van der Waals surface area contributed by atoms with Crippen molar-refractivity contribution in [3.8, 4) is 0 Å². The van der Waals surface area contributed by atoms with Crippen molar-refractivity contribution in [3.63, 3.8) is 0 Å². The fraction of sp³-hybridized carbons (Fsp3) is 1.00. The lowest BCUT2D eigenvalue weighted by atomic mass is 9.64. The molecule has 1 saturated carbocycles. The van der Waals surface area contributed by atoms with E-state index >= 15 is 0 Å². The molecule has 0 bridgehead atoms. The molecule has 13 heavy (non-hydrogen) atoms. The third-order valence-electron chi connectivity index (χ3n) is 4.28. The quantitative estimate of drug-likeness (QED) is 0.656. The zero-order valence-electron chi connectivity index (χ0n) is 8.94. The van der Waals surface area contributed by atoms with E-state index in [1.807, 2.05) is 0 Å². The van der Waals surface area contributed by atoms with Crippen LogP contribution in [0.3, 0.4) is 0 Å². The van der Waals surface area contributed by atoms with Crippen molar-refractivity contribution >= 4 is 0 Å². The van der Waals surface area contributed by atoms with Gasteiger partial charge in [-0.3, -0.25) is 0 Å². The van der Waals surface area contributed by atoms with Crippen molar-refractivity contribution in [1.29, 1.82) is 0 Å². The van der Waals surface area contributed by atoms with E-state index in [2.05, 4.69) is 12.2 Å². The van der Waals surface area contributed by atoms with Gasteiger partial charge in [-0.1, -0.05) is 26.2 Å². The Labute approximate surface area is 82.3 Å². The van der Waals surface area contributed by atoms with Crippen molar-refractivity contribution in [1.82, 2.24) is 5.32 Å². The second-order valence-electron chi connectivity index (χ2n) is 5.12. The van der Waals surface area contributed by atoms with Crippen LogP contribution in [0.25, 0.3) is 0 Å². The Bertz CT molecular complexity index is 153. The first-order valence-corrected chi connectivity index (χ1v) is 6.05. The second kappa shape index (κ2) is 4.00. The Morgan fingerprint density at radius 2 is 2.00 bits per heavy atom. The van der Waals surface area contributed by atoms with Gasteiger partial charge >= 0.3 is 0 Å². The fourth-order valence-electron chi connectivity index (χ4n) is 3.34. The molecule has 1 nitrogen and oxygen atoms in total. The molecule has 0 aromatic rings. The van der Waals surface area contributed by atoms with Gasteiger partial charge in [-0.25, -0.2) is 0 Å².